The second kappa shape index (κ2) is 6.18. The summed E-state index contributed by atoms with van der Waals surface area (Å²) in [7, 11) is 1.67. The second-order valence-corrected chi connectivity index (χ2v) is 5.76. The third-order valence-corrected chi connectivity index (χ3v) is 4.26. The first-order valence-electron chi connectivity index (χ1n) is 6.94. The quantitative estimate of drug-likeness (QED) is 0.670. The van der Waals surface area contributed by atoms with Crippen molar-refractivity contribution >= 4 is 17.4 Å². The van der Waals surface area contributed by atoms with Crippen LogP contribution in [0.25, 0.3) is 16.9 Å². The van der Waals surface area contributed by atoms with E-state index in [2.05, 4.69) is 17.0 Å². The number of rotatable bonds is 5. The zero-order valence-electron chi connectivity index (χ0n) is 12.1. The Labute approximate surface area is 128 Å². The van der Waals surface area contributed by atoms with Crippen LogP contribution in [-0.2, 0) is 0 Å². The van der Waals surface area contributed by atoms with Crippen molar-refractivity contribution in [2.75, 3.05) is 12.9 Å². The molecule has 0 N–H and O–H groups in total. The zero-order chi connectivity index (χ0) is 14.7. The van der Waals surface area contributed by atoms with E-state index >= 15 is 0 Å². The first-order valence-corrected chi connectivity index (χ1v) is 7.93. The summed E-state index contributed by atoms with van der Waals surface area (Å²) in [5, 5.41) is 5.61. The minimum atomic E-state index is 0.821. The summed E-state index contributed by atoms with van der Waals surface area (Å²) in [4.78, 5) is 4.62. The number of ether oxygens (including phenoxy) is 1. The number of aromatic nitrogens is 3. The molecule has 0 aliphatic heterocycles. The van der Waals surface area contributed by atoms with Crippen LogP contribution in [0.5, 0.6) is 5.75 Å². The average Bonchev–Trinajstić information content (AvgIpc) is 2.95. The van der Waals surface area contributed by atoms with Gasteiger partial charge in [0.15, 0.2) is 5.65 Å². The molecule has 1 aromatic carbocycles. The van der Waals surface area contributed by atoms with Crippen LogP contribution in [0.4, 0.5) is 0 Å². The Balaban J connectivity index is 2.00. The average molecular weight is 299 g/mol. The van der Waals surface area contributed by atoms with E-state index < -0.39 is 0 Å². The van der Waals surface area contributed by atoms with E-state index in [0.29, 0.717) is 0 Å². The number of hydrogen-bond acceptors (Lipinski definition) is 4. The van der Waals surface area contributed by atoms with Crippen LogP contribution in [0.3, 0.4) is 0 Å². The number of methoxy groups -OCH3 is 1. The fourth-order valence-corrected chi connectivity index (χ4v) is 2.86. The van der Waals surface area contributed by atoms with Crippen molar-refractivity contribution in [1.29, 1.82) is 0 Å². The third kappa shape index (κ3) is 2.88. The van der Waals surface area contributed by atoms with Gasteiger partial charge in [-0.25, -0.2) is 9.50 Å². The van der Waals surface area contributed by atoms with Gasteiger partial charge in [-0.15, -0.1) is 11.8 Å². The molecule has 21 heavy (non-hydrogen) atoms. The van der Waals surface area contributed by atoms with Crippen molar-refractivity contribution < 1.29 is 4.74 Å². The lowest BCUT2D eigenvalue weighted by molar-refractivity contribution is 0.416. The van der Waals surface area contributed by atoms with E-state index in [1.165, 1.54) is 0 Å². The van der Waals surface area contributed by atoms with Gasteiger partial charge in [0.25, 0.3) is 0 Å². The Morgan fingerprint density at radius 1 is 1.19 bits per heavy atom. The summed E-state index contributed by atoms with van der Waals surface area (Å²) in [6.45, 7) is 2.17. The highest BCUT2D eigenvalue weighted by molar-refractivity contribution is 7.99. The fourth-order valence-electron chi connectivity index (χ4n) is 2.13. The molecule has 5 heteroatoms. The molecule has 0 aliphatic carbocycles. The van der Waals surface area contributed by atoms with Gasteiger partial charge in [0.1, 0.15) is 10.8 Å². The Morgan fingerprint density at radius 2 is 2.05 bits per heavy atom. The van der Waals surface area contributed by atoms with Crippen LogP contribution < -0.4 is 4.74 Å². The van der Waals surface area contributed by atoms with Crippen LogP contribution in [0, 0.1) is 0 Å². The maximum Gasteiger partial charge on any atom is 0.154 e. The van der Waals surface area contributed by atoms with E-state index in [9.17, 15) is 0 Å². The lowest BCUT2D eigenvalue weighted by Gasteiger charge is -2.04. The van der Waals surface area contributed by atoms with E-state index in [0.717, 1.165) is 39.9 Å². The van der Waals surface area contributed by atoms with Gasteiger partial charge in [-0.05, 0) is 36.4 Å². The Bertz CT molecular complexity index is 754. The van der Waals surface area contributed by atoms with Gasteiger partial charge in [-0.1, -0.05) is 19.1 Å². The lowest BCUT2D eigenvalue weighted by Crippen LogP contribution is -1.92. The van der Waals surface area contributed by atoms with Gasteiger partial charge < -0.3 is 4.74 Å². The first-order chi connectivity index (χ1) is 10.3. The normalized spacial score (nSPS) is 11.0. The number of hydrogen-bond donors (Lipinski definition) is 0. The van der Waals surface area contributed by atoms with Crippen molar-refractivity contribution in [3.8, 4) is 17.0 Å². The largest absolute Gasteiger partial charge is 0.496 e. The molecule has 2 heterocycles. The van der Waals surface area contributed by atoms with Crippen molar-refractivity contribution in [2.24, 2.45) is 0 Å². The number of benzene rings is 1. The van der Waals surface area contributed by atoms with Gasteiger partial charge in [-0.2, -0.15) is 5.10 Å². The van der Waals surface area contributed by atoms with E-state index in [1.54, 1.807) is 18.9 Å². The molecule has 0 bridgehead atoms. The lowest BCUT2D eigenvalue weighted by atomic mass is 10.1. The molecule has 0 amide bonds. The number of nitrogens with zero attached hydrogens (tertiary/aromatic N) is 3. The van der Waals surface area contributed by atoms with Crippen LogP contribution in [-0.4, -0.2) is 27.5 Å². The molecular weight excluding hydrogens is 282 g/mol. The van der Waals surface area contributed by atoms with Gasteiger partial charge in [0.05, 0.1) is 19.0 Å². The number of para-hydroxylation sites is 1. The van der Waals surface area contributed by atoms with Gasteiger partial charge in [-0.3, -0.25) is 0 Å². The van der Waals surface area contributed by atoms with Crippen LogP contribution >= 0.6 is 11.8 Å². The van der Waals surface area contributed by atoms with Crippen molar-refractivity contribution in [3.63, 3.8) is 0 Å². The molecule has 3 rings (SSSR count). The van der Waals surface area contributed by atoms with Crippen LogP contribution in [0.1, 0.15) is 13.3 Å². The molecule has 2 aromatic heterocycles. The van der Waals surface area contributed by atoms with Gasteiger partial charge in [0.2, 0.25) is 0 Å². The summed E-state index contributed by atoms with van der Waals surface area (Å²) in [6, 6.07) is 11.9. The molecule has 0 fully saturated rings. The molecule has 0 radical (unpaired) electrons. The maximum absolute atomic E-state index is 5.40. The van der Waals surface area contributed by atoms with Crippen molar-refractivity contribution in [1.82, 2.24) is 14.6 Å². The monoisotopic (exact) mass is 299 g/mol. The summed E-state index contributed by atoms with van der Waals surface area (Å²) in [5.74, 6) is 1.90. The highest BCUT2D eigenvalue weighted by Gasteiger charge is 2.10. The van der Waals surface area contributed by atoms with Crippen molar-refractivity contribution in [2.45, 2.75) is 18.4 Å². The summed E-state index contributed by atoms with van der Waals surface area (Å²) < 4.78 is 7.23. The Kier molecular flexibility index (Phi) is 4.10. The van der Waals surface area contributed by atoms with Crippen molar-refractivity contribution in [3.05, 3.63) is 42.6 Å². The Hall–Kier alpha value is -2.01. The fraction of sp³-hybridized carbons (Fsp3) is 0.250. The standard InChI is InChI=1S/C16H17N3OS/c1-3-10-21-16-9-8-15-17-13(11-19(15)18-16)12-6-4-5-7-14(12)20-2/h4-9,11H,3,10H2,1-2H3. The van der Waals surface area contributed by atoms with Gasteiger partial charge in [0, 0.05) is 5.56 Å². The summed E-state index contributed by atoms with van der Waals surface area (Å²) >= 11 is 1.76. The zero-order valence-corrected chi connectivity index (χ0v) is 12.9. The molecule has 0 saturated carbocycles. The van der Waals surface area contributed by atoms with Crippen LogP contribution in [0.15, 0.2) is 47.6 Å². The number of fused-ring (bicyclic) bond motifs is 1. The summed E-state index contributed by atoms with van der Waals surface area (Å²) in [5.41, 5.74) is 2.70. The smallest absolute Gasteiger partial charge is 0.154 e. The van der Waals surface area contributed by atoms with E-state index in [1.807, 2.05) is 47.1 Å². The SMILES string of the molecule is CCCSc1ccc2nc(-c3ccccc3OC)cn2n1. The third-order valence-electron chi connectivity index (χ3n) is 3.13. The Morgan fingerprint density at radius 3 is 2.86 bits per heavy atom. The highest BCUT2D eigenvalue weighted by atomic mass is 32.2. The predicted octanol–water partition coefficient (Wildman–Crippen LogP) is 3.91. The molecule has 0 aliphatic rings. The molecule has 108 valence electrons. The van der Waals surface area contributed by atoms with Gasteiger partial charge >= 0.3 is 0 Å². The minimum absolute atomic E-state index is 0.821. The minimum Gasteiger partial charge on any atom is -0.496 e. The molecule has 4 nitrogen and oxygen atoms in total. The van der Waals surface area contributed by atoms with Crippen LogP contribution in [0.2, 0.25) is 0 Å². The van der Waals surface area contributed by atoms with E-state index in [-0.39, 0.29) is 0 Å². The molecular formula is C16H17N3OS. The molecule has 3 aromatic rings. The van der Waals surface area contributed by atoms with E-state index in [4.69, 9.17) is 4.74 Å². The number of imidazole rings is 1. The maximum atomic E-state index is 5.40. The molecule has 0 atom stereocenters. The first kappa shape index (κ1) is 13.9. The molecule has 0 saturated heterocycles. The highest BCUT2D eigenvalue weighted by Crippen LogP contribution is 2.29. The molecule has 0 spiro atoms. The second-order valence-electron chi connectivity index (χ2n) is 4.65. The predicted molar refractivity (Wildman–Crippen MR) is 86.0 cm³/mol. The number of thioether (sulfide) groups is 1. The molecule has 0 unspecified atom stereocenters. The topological polar surface area (TPSA) is 39.4 Å². The summed E-state index contributed by atoms with van der Waals surface area (Å²) in [6.07, 6.45) is 3.09.